The van der Waals surface area contributed by atoms with Crippen LogP contribution in [-0.4, -0.2) is 23.9 Å². The molecule has 1 fully saturated rings. The second-order valence-electron chi connectivity index (χ2n) is 4.79. The molecule has 0 aromatic heterocycles. The van der Waals surface area contributed by atoms with Crippen molar-refractivity contribution in [2.45, 2.75) is 25.7 Å². The zero-order valence-corrected chi connectivity index (χ0v) is 11.0. The van der Waals surface area contributed by atoms with Crippen molar-refractivity contribution in [2.24, 2.45) is 0 Å². The number of nitriles is 1. The Labute approximate surface area is 114 Å². The van der Waals surface area contributed by atoms with E-state index >= 15 is 0 Å². The predicted octanol–water partition coefficient (Wildman–Crippen LogP) is 3.00. The van der Waals surface area contributed by atoms with Gasteiger partial charge in [0, 0.05) is 13.1 Å². The maximum atomic E-state index is 12.3. The van der Waals surface area contributed by atoms with Crippen LogP contribution in [0.5, 0.6) is 0 Å². The first-order valence-corrected chi connectivity index (χ1v) is 6.77. The van der Waals surface area contributed by atoms with E-state index in [1.807, 2.05) is 41.3 Å². The van der Waals surface area contributed by atoms with Crippen LogP contribution < -0.4 is 0 Å². The van der Waals surface area contributed by atoms with Gasteiger partial charge in [0.2, 0.25) is 0 Å². The molecule has 0 atom stereocenters. The van der Waals surface area contributed by atoms with Gasteiger partial charge in [-0.15, -0.1) is 0 Å². The van der Waals surface area contributed by atoms with Crippen LogP contribution in [0.2, 0.25) is 0 Å². The maximum Gasteiger partial charge on any atom is 0.264 e. The molecule has 1 aliphatic rings. The van der Waals surface area contributed by atoms with E-state index in [2.05, 4.69) is 0 Å². The molecule has 0 N–H and O–H groups in total. The summed E-state index contributed by atoms with van der Waals surface area (Å²) in [6.45, 7) is 1.54. The summed E-state index contributed by atoms with van der Waals surface area (Å²) >= 11 is 0. The molecule has 3 heteroatoms. The van der Waals surface area contributed by atoms with Crippen molar-refractivity contribution in [3.8, 4) is 6.07 Å². The summed E-state index contributed by atoms with van der Waals surface area (Å²) in [4.78, 5) is 14.1. The van der Waals surface area contributed by atoms with Crippen molar-refractivity contribution in [1.82, 2.24) is 4.90 Å². The zero-order chi connectivity index (χ0) is 13.5. The first kappa shape index (κ1) is 13.4. The third kappa shape index (κ3) is 3.69. The van der Waals surface area contributed by atoms with Crippen molar-refractivity contribution in [3.63, 3.8) is 0 Å². The van der Waals surface area contributed by atoms with Crippen molar-refractivity contribution in [2.75, 3.05) is 13.1 Å². The van der Waals surface area contributed by atoms with Gasteiger partial charge in [0.15, 0.2) is 0 Å². The highest BCUT2D eigenvalue weighted by atomic mass is 16.2. The summed E-state index contributed by atoms with van der Waals surface area (Å²) in [5.41, 5.74) is 1.12. The number of rotatable bonds is 2. The third-order valence-electron chi connectivity index (χ3n) is 3.35. The average molecular weight is 254 g/mol. The minimum atomic E-state index is -0.131. The number of hydrogen-bond acceptors (Lipinski definition) is 2. The molecule has 98 valence electrons. The Morgan fingerprint density at radius 1 is 1.11 bits per heavy atom. The average Bonchev–Trinajstić information content (AvgIpc) is 2.74. The number of likely N-dealkylation sites (tertiary alicyclic amines) is 1. The van der Waals surface area contributed by atoms with Crippen LogP contribution in [-0.2, 0) is 4.79 Å². The first-order valence-electron chi connectivity index (χ1n) is 6.77. The normalized spacial score (nSPS) is 16.6. The van der Waals surface area contributed by atoms with E-state index < -0.39 is 0 Å². The SMILES string of the molecule is N#CC(=Cc1ccccc1)C(=O)N1CCCCCC1. The summed E-state index contributed by atoms with van der Waals surface area (Å²) < 4.78 is 0. The molecular weight excluding hydrogens is 236 g/mol. The fourth-order valence-corrected chi connectivity index (χ4v) is 2.30. The number of amides is 1. The van der Waals surface area contributed by atoms with Gasteiger partial charge in [0.25, 0.3) is 5.91 Å². The monoisotopic (exact) mass is 254 g/mol. The van der Waals surface area contributed by atoms with Crippen LogP contribution in [0.3, 0.4) is 0 Å². The number of carbonyl (C=O) groups is 1. The lowest BCUT2D eigenvalue weighted by Crippen LogP contribution is -2.32. The lowest BCUT2D eigenvalue weighted by atomic mass is 10.1. The standard InChI is InChI=1S/C16H18N2O/c17-13-15(12-14-8-4-3-5-9-14)16(19)18-10-6-1-2-7-11-18/h3-5,8-9,12H,1-2,6-7,10-11H2. The summed E-state index contributed by atoms with van der Waals surface area (Å²) in [6.07, 6.45) is 6.10. The quantitative estimate of drug-likeness (QED) is 0.601. The number of hydrogen-bond donors (Lipinski definition) is 0. The molecule has 1 aromatic carbocycles. The Morgan fingerprint density at radius 2 is 1.74 bits per heavy atom. The van der Waals surface area contributed by atoms with Gasteiger partial charge in [-0.2, -0.15) is 5.26 Å². The molecule has 0 spiro atoms. The topological polar surface area (TPSA) is 44.1 Å². The Balaban J connectivity index is 2.15. The summed E-state index contributed by atoms with van der Waals surface area (Å²) in [5.74, 6) is -0.131. The van der Waals surface area contributed by atoms with Crippen LogP contribution in [0.25, 0.3) is 6.08 Å². The molecule has 1 aromatic rings. The van der Waals surface area contributed by atoms with Gasteiger partial charge in [0.05, 0.1) is 0 Å². The molecule has 1 saturated heterocycles. The fourth-order valence-electron chi connectivity index (χ4n) is 2.30. The Kier molecular flexibility index (Phi) is 4.74. The summed E-state index contributed by atoms with van der Waals surface area (Å²) in [6, 6.07) is 11.5. The van der Waals surface area contributed by atoms with Crippen molar-refractivity contribution in [1.29, 1.82) is 5.26 Å². The molecule has 0 bridgehead atoms. The van der Waals surface area contributed by atoms with Crippen LogP contribution in [0, 0.1) is 11.3 Å². The molecule has 1 aliphatic heterocycles. The van der Waals surface area contributed by atoms with Crippen molar-refractivity contribution in [3.05, 3.63) is 41.5 Å². The molecule has 0 saturated carbocycles. The Bertz CT molecular complexity index is 491. The smallest absolute Gasteiger partial charge is 0.264 e. The molecule has 3 nitrogen and oxygen atoms in total. The van der Waals surface area contributed by atoms with Gasteiger partial charge >= 0.3 is 0 Å². The second-order valence-corrected chi connectivity index (χ2v) is 4.79. The van der Waals surface area contributed by atoms with E-state index in [1.165, 1.54) is 12.8 Å². The predicted molar refractivity (Wildman–Crippen MR) is 75.1 cm³/mol. The zero-order valence-electron chi connectivity index (χ0n) is 11.0. The minimum absolute atomic E-state index is 0.131. The molecule has 0 aliphatic carbocycles. The van der Waals surface area contributed by atoms with Crippen LogP contribution in [0.4, 0.5) is 0 Å². The van der Waals surface area contributed by atoms with Gasteiger partial charge in [-0.25, -0.2) is 0 Å². The van der Waals surface area contributed by atoms with Gasteiger partial charge in [-0.05, 0) is 24.5 Å². The molecular formula is C16H18N2O. The van der Waals surface area contributed by atoms with E-state index in [9.17, 15) is 10.1 Å². The van der Waals surface area contributed by atoms with E-state index in [0.717, 1.165) is 31.5 Å². The highest BCUT2D eigenvalue weighted by Crippen LogP contribution is 2.14. The first-order chi connectivity index (χ1) is 9.31. The van der Waals surface area contributed by atoms with Crippen LogP contribution >= 0.6 is 0 Å². The number of carbonyl (C=O) groups excluding carboxylic acids is 1. The highest BCUT2D eigenvalue weighted by Gasteiger charge is 2.19. The lowest BCUT2D eigenvalue weighted by Gasteiger charge is -2.19. The van der Waals surface area contributed by atoms with E-state index in [-0.39, 0.29) is 11.5 Å². The number of nitrogens with zero attached hydrogens (tertiary/aromatic N) is 2. The van der Waals surface area contributed by atoms with Crippen LogP contribution in [0.1, 0.15) is 31.2 Å². The lowest BCUT2D eigenvalue weighted by molar-refractivity contribution is -0.126. The van der Waals surface area contributed by atoms with Gasteiger partial charge in [-0.3, -0.25) is 4.79 Å². The highest BCUT2D eigenvalue weighted by molar-refractivity contribution is 6.01. The summed E-state index contributed by atoms with van der Waals surface area (Å²) in [7, 11) is 0. The van der Waals surface area contributed by atoms with Crippen molar-refractivity contribution >= 4 is 12.0 Å². The minimum Gasteiger partial charge on any atom is -0.338 e. The largest absolute Gasteiger partial charge is 0.338 e. The van der Waals surface area contributed by atoms with Gasteiger partial charge < -0.3 is 4.90 Å². The Hall–Kier alpha value is -2.08. The van der Waals surface area contributed by atoms with Gasteiger partial charge in [-0.1, -0.05) is 43.2 Å². The number of benzene rings is 1. The molecule has 2 rings (SSSR count). The van der Waals surface area contributed by atoms with Crippen molar-refractivity contribution < 1.29 is 4.79 Å². The summed E-state index contributed by atoms with van der Waals surface area (Å²) in [5, 5.41) is 9.19. The van der Waals surface area contributed by atoms with E-state index in [0.29, 0.717) is 0 Å². The van der Waals surface area contributed by atoms with E-state index in [1.54, 1.807) is 6.08 Å². The Morgan fingerprint density at radius 3 is 2.32 bits per heavy atom. The molecule has 1 amide bonds. The molecule has 0 unspecified atom stereocenters. The molecule has 1 heterocycles. The fraction of sp³-hybridized carbons (Fsp3) is 0.375. The van der Waals surface area contributed by atoms with E-state index in [4.69, 9.17) is 0 Å². The third-order valence-corrected chi connectivity index (χ3v) is 3.35. The van der Waals surface area contributed by atoms with Gasteiger partial charge in [0.1, 0.15) is 11.6 Å². The molecule has 0 radical (unpaired) electrons. The second kappa shape index (κ2) is 6.75. The molecule has 19 heavy (non-hydrogen) atoms. The maximum absolute atomic E-state index is 12.3. The van der Waals surface area contributed by atoms with Crippen LogP contribution in [0.15, 0.2) is 35.9 Å².